The van der Waals surface area contributed by atoms with Gasteiger partial charge in [0.15, 0.2) is 6.23 Å². The first-order valence-corrected chi connectivity index (χ1v) is 5.55. The lowest BCUT2D eigenvalue weighted by Crippen LogP contribution is -2.11. The molecule has 2 rings (SSSR count). The van der Waals surface area contributed by atoms with Crippen molar-refractivity contribution >= 4 is 5.97 Å². The molecule has 1 fully saturated rings. The molecular formula is C11H16N2O3. The van der Waals surface area contributed by atoms with E-state index in [9.17, 15) is 4.79 Å². The van der Waals surface area contributed by atoms with Gasteiger partial charge in [0.25, 0.3) is 0 Å². The van der Waals surface area contributed by atoms with Gasteiger partial charge in [-0.05, 0) is 31.7 Å². The molecule has 88 valence electrons. The Morgan fingerprint density at radius 1 is 1.75 bits per heavy atom. The molecule has 0 aliphatic carbocycles. The van der Waals surface area contributed by atoms with Gasteiger partial charge in [-0.2, -0.15) is 5.10 Å². The highest BCUT2D eigenvalue weighted by atomic mass is 16.5. The van der Waals surface area contributed by atoms with Gasteiger partial charge in [-0.15, -0.1) is 0 Å². The van der Waals surface area contributed by atoms with Crippen molar-refractivity contribution in [1.82, 2.24) is 9.78 Å². The molecular weight excluding hydrogens is 208 g/mol. The lowest BCUT2D eigenvalue weighted by Gasteiger charge is -2.12. The average Bonchev–Trinajstić information content (AvgIpc) is 2.84. The summed E-state index contributed by atoms with van der Waals surface area (Å²) in [6.45, 7) is 2.75. The number of rotatable bonds is 4. The van der Waals surface area contributed by atoms with Crippen molar-refractivity contribution in [1.29, 1.82) is 0 Å². The molecule has 1 aromatic rings. The van der Waals surface area contributed by atoms with Crippen LogP contribution in [-0.4, -0.2) is 27.5 Å². The number of hydrogen-bond acceptors (Lipinski definition) is 3. The fourth-order valence-corrected chi connectivity index (χ4v) is 1.99. The third-order valence-corrected chi connectivity index (χ3v) is 2.93. The van der Waals surface area contributed by atoms with E-state index in [1.807, 2.05) is 11.6 Å². The first-order valence-electron chi connectivity index (χ1n) is 5.55. The van der Waals surface area contributed by atoms with E-state index in [1.165, 1.54) is 0 Å². The fourth-order valence-electron chi connectivity index (χ4n) is 1.99. The number of aryl methyl sites for hydroxylation is 1. The molecule has 0 aromatic carbocycles. The van der Waals surface area contributed by atoms with Crippen LogP contribution in [0.5, 0.6) is 0 Å². The number of carboxylic acids is 1. The highest BCUT2D eigenvalue weighted by Crippen LogP contribution is 2.24. The molecule has 0 bridgehead atoms. The van der Waals surface area contributed by atoms with Gasteiger partial charge < -0.3 is 9.84 Å². The van der Waals surface area contributed by atoms with Gasteiger partial charge in [-0.1, -0.05) is 0 Å². The number of nitrogens with zero attached hydrogens (tertiary/aromatic N) is 2. The Bertz CT molecular complexity index is 381. The Balaban J connectivity index is 2.07. The normalized spacial score (nSPS) is 20.2. The maximum Gasteiger partial charge on any atom is 0.303 e. The molecule has 1 aromatic heterocycles. The van der Waals surface area contributed by atoms with Gasteiger partial charge in [-0.3, -0.25) is 4.79 Å². The summed E-state index contributed by atoms with van der Waals surface area (Å²) in [7, 11) is 0. The van der Waals surface area contributed by atoms with Crippen molar-refractivity contribution in [3.63, 3.8) is 0 Å². The first kappa shape index (κ1) is 11.1. The van der Waals surface area contributed by atoms with Crippen molar-refractivity contribution in [2.45, 2.75) is 38.8 Å². The number of carbonyl (C=O) groups is 1. The van der Waals surface area contributed by atoms with Gasteiger partial charge in [0.1, 0.15) is 0 Å². The summed E-state index contributed by atoms with van der Waals surface area (Å²) >= 11 is 0. The van der Waals surface area contributed by atoms with Gasteiger partial charge in [0, 0.05) is 18.7 Å². The van der Waals surface area contributed by atoms with Gasteiger partial charge in [-0.25, -0.2) is 4.68 Å². The van der Waals surface area contributed by atoms with Crippen LogP contribution in [0.2, 0.25) is 0 Å². The average molecular weight is 224 g/mol. The lowest BCUT2D eigenvalue weighted by atomic mass is 10.1. The largest absolute Gasteiger partial charge is 0.481 e. The lowest BCUT2D eigenvalue weighted by molar-refractivity contribution is -0.136. The molecule has 1 unspecified atom stereocenters. The van der Waals surface area contributed by atoms with Crippen LogP contribution in [0, 0.1) is 6.92 Å². The number of aromatic nitrogens is 2. The zero-order valence-electron chi connectivity index (χ0n) is 9.35. The third kappa shape index (κ3) is 2.24. The number of ether oxygens (including phenoxy) is 1. The quantitative estimate of drug-likeness (QED) is 0.842. The Labute approximate surface area is 94.0 Å². The molecule has 1 N–H and O–H groups in total. The molecule has 5 nitrogen and oxygen atoms in total. The van der Waals surface area contributed by atoms with Crippen LogP contribution in [-0.2, 0) is 16.0 Å². The second-order valence-electron chi connectivity index (χ2n) is 4.06. The minimum Gasteiger partial charge on any atom is -0.481 e. The van der Waals surface area contributed by atoms with Crippen LogP contribution in [0.4, 0.5) is 0 Å². The van der Waals surface area contributed by atoms with Crippen LogP contribution in [0.3, 0.4) is 0 Å². The van der Waals surface area contributed by atoms with E-state index in [-0.39, 0.29) is 12.6 Å². The van der Waals surface area contributed by atoms with Crippen LogP contribution >= 0.6 is 0 Å². The minimum absolute atomic E-state index is 0.0404. The highest BCUT2D eigenvalue weighted by Gasteiger charge is 2.20. The molecule has 5 heteroatoms. The number of hydrogen-bond donors (Lipinski definition) is 1. The third-order valence-electron chi connectivity index (χ3n) is 2.93. The summed E-state index contributed by atoms with van der Waals surface area (Å²) in [5.41, 5.74) is 2.02. The molecule has 0 saturated carbocycles. The van der Waals surface area contributed by atoms with E-state index in [0.717, 1.165) is 30.7 Å². The maximum absolute atomic E-state index is 10.5. The molecule has 2 heterocycles. The van der Waals surface area contributed by atoms with Crippen molar-refractivity contribution in [2.24, 2.45) is 0 Å². The Morgan fingerprint density at radius 3 is 3.19 bits per heavy atom. The Morgan fingerprint density at radius 2 is 2.56 bits per heavy atom. The smallest absolute Gasteiger partial charge is 0.303 e. The highest BCUT2D eigenvalue weighted by molar-refractivity contribution is 5.67. The van der Waals surface area contributed by atoms with Crippen LogP contribution in [0.25, 0.3) is 0 Å². The van der Waals surface area contributed by atoms with Crippen molar-refractivity contribution < 1.29 is 14.6 Å². The standard InChI is InChI=1S/C11H16N2O3/c1-8-9(4-5-11(14)15)7-12-13(8)10-3-2-6-16-10/h7,10H,2-6H2,1H3,(H,14,15). The van der Waals surface area contributed by atoms with Gasteiger partial charge >= 0.3 is 5.97 Å². The van der Waals surface area contributed by atoms with Crippen LogP contribution < -0.4 is 0 Å². The van der Waals surface area contributed by atoms with Crippen LogP contribution in [0.15, 0.2) is 6.20 Å². The van der Waals surface area contributed by atoms with Crippen molar-refractivity contribution in [3.8, 4) is 0 Å². The second-order valence-corrected chi connectivity index (χ2v) is 4.06. The van der Waals surface area contributed by atoms with E-state index in [0.29, 0.717) is 6.42 Å². The zero-order chi connectivity index (χ0) is 11.5. The predicted octanol–water partition coefficient (Wildman–Crippen LogP) is 1.52. The summed E-state index contributed by atoms with van der Waals surface area (Å²) in [5.74, 6) is -0.774. The Kier molecular flexibility index (Phi) is 3.24. The van der Waals surface area contributed by atoms with Crippen molar-refractivity contribution in [2.75, 3.05) is 6.61 Å². The second kappa shape index (κ2) is 4.65. The molecule has 1 atom stereocenters. The van der Waals surface area contributed by atoms with E-state index >= 15 is 0 Å². The molecule has 1 saturated heterocycles. The monoisotopic (exact) mass is 224 g/mol. The van der Waals surface area contributed by atoms with Gasteiger partial charge in [0.2, 0.25) is 0 Å². The summed E-state index contributed by atoms with van der Waals surface area (Å²) in [4.78, 5) is 10.5. The Hall–Kier alpha value is -1.36. The van der Waals surface area contributed by atoms with Gasteiger partial charge in [0.05, 0.1) is 6.20 Å². The zero-order valence-corrected chi connectivity index (χ0v) is 9.35. The maximum atomic E-state index is 10.5. The molecule has 0 radical (unpaired) electrons. The van der Waals surface area contributed by atoms with E-state index in [2.05, 4.69) is 5.10 Å². The number of carboxylic acid groups (broad SMARTS) is 1. The fraction of sp³-hybridized carbons (Fsp3) is 0.636. The summed E-state index contributed by atoms with van der Waals surface area (Å²) < 4.78 is 7.41. The summed E-state index contributed by atoms with van der Waals surface area (Å²) in [6.07, 6.45) is 4.53. The molecule has 0 spiro atoms. The van der Waals surface area contributed by atoms with E-state index in [4.69, 9.17) is 9.84 Å². The summed E-state index contributed by atoms with van der Waals surface area (Å²) in [5, 5.41) is 12.9. The first-order chi connectivity index (χ1) is 7.68. The van der Waals surface area contributed by atoms with E-state index in [1.54, 1.807) is 6.20 Å². The molecule has 16 heavy (non-hydrogen) atoms. The topological polar surface area (TPSA) is 64.3 Å². The SMILES string of the molecule is Cc1c(CCC(=O)O)cnn1C1CCCO1. The summed E-state index contributed by atoms with van der Waals surface area (Å²) in [6, 6.07) is 0. The minimum atomic E-state index is -0.774. The van der Waals surface area contributed by atoms with E-state index < -0.39 is 5.97 Å². The number of aliphatic carboxylic acids is 1. The van der Waals surface area contributed by atoms with Crippen LogP contribution in [0.1, 0.15) is 36.7 Å². The molecule has 1 aliphatic rings. The molecule has 0 amide bonds. The molecule has 1 aliphatic heterocycles. The van der Waals surface area contributed by atoms with Crippen molar-refractivity contribution in [3.05, 3.63) is 17.5 Å². The predicted molar refractivity (Wildman–Crippen MR) is 57.1 cm³/mol.